The highest BCUT2D eigenvalue weighted by Gasteiger charge is 2.25. The Labute approximate surface area is 186 Å². The van der Waals surface area contributed by atoms with Crippen molar-refractivity contribution in [2.24, 2.45) is 11.8 Å². The molecule has 6 nitrogen and oxygen atoms in total. The van der Waals surface area contributed by atoms with Crippen molar-refractivity contribution in [3.05, 3.63) is 59.4 Å². The van der Waals surface area contributed by atoms with Gasteiger partial charge in [-0.1, -0.05) is 29.8 Å². The van der Waals surface area contributed by atoms with Gasteiger partial charge in [-0.05, 0) is 67.9 Å². The van der Waals surface area contributed by atoms with Crippen molar-refractivity contribution < 1.29 is 23.8 Å². The first kappa shape index (κ1) is 23.0. The molecule has 1 saturated carbocycles. The number of carbonyl (C=O) groups is 2. The second kappa shape index (κ2) is 11.1. The molecule has 3 rings (SSSR count). The van der Waals surface area contributed by atoms with Crippen molar-refractivity contribution in [3.63, 3.8) is 0 Å². The van der Waals surface area contributed by atoms with Gasteiger partial charge in [0.25, 0.3) is 0 Å². The van der Waals surface area contributed by atoms with E-state index in [1.807, 2.05) is 6.07 Å². The van der Waals surface area contributed by atoms with Gasteiger partial charge >= 0.3 is 12.0 Å². The molecule has 0 bridgehead atoms. The van der Waals surface area contributed by atoms with Crippen LogP contribution >= 0.6 is 11.6 Å². The number of nitrogens with zero attached hydrogens (tertiary/aromatic N) is 1. The standard InChI is InChI=1S/C23H26ClFN2O4/c24-18-10-11-21(20(25)12-18)27(19-4-2-1-3-5-19)23(30)26-13-16-6-8-17(9-7-16)14-31-15-22(28)29/h1-5,10-12,16-17H,6-9,13-15H2,(H,26,30)(H,28,29). The van der Waals surface area contributed by atoms with Crippen molar-refractivity contribution >= 4 is 35.0 Å². The molecule has 0 heterocycles. The first-order valence-corrected chi connectivity index (χ1v) is 10.7. The SMILES string of the molecule is O=C(O)COCC1CCC(CNC(=O)N(c2ccccc2)c2ccc(Cl)cc2F)CC1. The van der Waals surface area contributed by atoms with Gasteiger partial charge in [-0.2, -0.15) is 0 Å². The van der Waals surface area contributed by atoms with Gasteiger partial charge in [0, 0.05) is 11.6 Å². The van der Waals surface area contributed by atoms with Crippen molar-refractivity contribution in [2.75, 3.05) is 24.7 Å². The number of carboxylic acids is 1. The average Bonchev–Trinajstić information content (AvgIpc) is 2.75. The number of amides is 2. The molecule has 2 aromatic rings. The van der Waals surface area contributed by atoms with Gasteiger partial charge in [0.2, 0.25) is 0 Å². The number of halogens is 2. The Hall–Kier alpha value is -2.64. The number of anilines is 2. The molecule has 2 amide bonds. The zero-order chi connectivity index (χ0) is 22.2. The number of para-hydroxylation sites is 1. The third kappa shape index (κ3) is 6.67. The second-order valence-corrected chi connectivity index (χ2v) is 8.18. The minimum absolute atomic E-state index is 0.132. The van der Waals surface area contributed by atoms with Gasteiger partial charge in [0.1, 0.15) is 12.4 Å². The number of aliphatic carboxylic acids is 1. The fourth-order valence-corrected chi connectivity index (χ4v) is 3.99. The molecule has 0 spiro atoms. The molecule has 0 aromatic heterocycles. The molecule has 31 heavy (non-hydrogen) atoms. The highest BCUT2D eigenvalue weighted by molar-refractivity contribution is 6.30. The minimum atomic E-state index is -0.962. The summed E-state index contributed by atoms with van der Waals surface area (Å²) in [4.78, 5) is 24.9. The lowest BCUT2D eigenvalue weighted by Crippen LogP contribution is -2.40. The number of carbonyl (C=O) groups excluding carboxylic acids is 1. The average molecular weight is 449 g/mol. The zero-order valence-corrected chi connectivity index (χ0v) is 17.9. The smallest absolute Gasteiger partial charge is 0.329 e. The summed E-state index contributed by atoms with van der Waals surface area (Å²) in [6.45, 7) is 0.662. The summed E-state index contributed by atoms with van der Waals surface area (Å²) in [5.74, 6) is -0.882. The molecule has 0 radical (unpaired) electrons. The van der Waals surface area contributed by atoms with E-state index in [1.54, 1.807) is 30.3 Å². The monoisotopic (exact) mass is 448 g/mol. The number of carboxylic acid groups (broad SMARTS) is 1. The van der Waals surface area contributed by atoms with Gasteiger partial charge in [0.05, 0.1) is 18.0 Å². The first-order valence-electron chi connectivity index (χ1n) is 10.3. The molecule has 1 aliphatic rings. The molecule has 0 saturated heterocycles. The molecule has 1 fully saturated rings. The predicted octanol–water partition coefficient (Wildman–Crippen LogP) is 5.23. The third-order valence-corrected chi connectivity index (χ3v) is 5.69. The van der Waals surface area contributed by atoms with Crippen LogP contribution in [0.3, 0.4) is 0 Å². The van der Waals surface area contributed by atoms with Crippen molar-refractivity contribution in [1.29, 1.82) is 0 Å². The molecule has 8 heteroatoms. The molecule has 2 aromatic carbocycles. The van der Waals surface area contributed by atoms with Crippen LogP contribution in [0.15, 0.2) is 48.5 Å². The Balaban J connectivity index is 1.59. The summed E-state index contributed by atoms with van der Waals surface area (Å²) in [7, 11) is 0. The third-order valence-electron chi connectivity index (χ3n) is 5.46. The zero-order valence-electron chi connectivity index (χ0n) is 17.1. The van der Waals surface area contributed by atoms with Gasteiger partial charge in [-0.3, -0.25) is 4.90 Å². The summed E-state index contributed by atoms with van der Waals surface area (Å²) in [5.41, 5.74) is 0.688. The Kier molecular flexibility index (Phi) is 8.26. The maximum atomic E-state index is 14.6. The van der Waals surface area contributed by atoms with E-state index in [4.69, 9.17) is 21.4 Å². The summed E-state index contributed by atoms with van der Waals surface area (Å²) >= 11 is 5.87. The normalized spacial score (nSPS) is 18.4. The maximum absolute atomic E-state index is 14.6. The van der Waals surface area contributed by atoms with Crippen molar-refractivity contribution in [1.82, 2.24) is 5.32 Å². The fraction of sp³-hybridized carbons (Fsp3) is 0.391. The number of nitrogens with one attached hydrogen (secondary N) is 1. The molecule has 166 valence electrons. The van der Waals surface area contributed by atoms with E-state index in [2.05, 4.69) is 5.32 Å². The summed E-state index contributed by atoms with van der Waals surface area (Å²) in [5, 5.41) is 11.9. The molecule has 0 aliphatic heterocycles. The number of rotatable bonds is 8. The van der Waals surface area contributed by atoms with Gasteiger partial charge in [-0.25, -0.2) is 14.0 Å². The van der Waals surface area contributed by atoms with Crippen LogP contribution in [-0.4, -0.2) is 36.9 Å². The van der Waals surface area contributed by atoms with E-state index >= 15 is 0 Å². The lowest BCUT2D eigenvalue weighted by Gasteiger charge is -2.30. The van der Waals surface area contributed by atoms with E-state index in [-0.39, 0.29) is 17.3 Å². The topological polar surface area (TPSA) is 78.9 Å². The molecule has 0 unspecified atom stereocenters. The Morgan fingerprint density at radius 3 is 2.42 bits per heavy atom. The van der Waals surface area contributed by atoms with E-state index in [0.717, 1.165) is 25.7 Å². The van der Waals surface area contributed by atoms with Crippen LogP contribution in [0.1, 0.15) is 25.7 Å². The van der Waals surface area contributed by atoms with Crippen LogP contribution in [0, 0.1) is 17.7 Å². The molecule has 1 aliphatic carbocycles. The lowest BCUT2D eigenvalue weighted by atomic mass is 9.82. The Morgan fingerprint density at radius 2 is 1.77 bits per heavy atom. The fourth-order valence-electron chi connectivity index (χ4n) is 3.83. The largest absolute Gasteiger partial charge is 0.480 e. The number of hydrogen-bond donors (Lipinski definition) is 2. The predicted molar refractivity (Wildman–Crippen MR) is 117 cm³/mol. The Morgan fingerprint density at radius 1 is 1.10 bits per heavy atom. The minimum Gasteiger partial charge on any atom is -0.480 e. The van der Waals surface area contributed by atoms with Crippen LogP contribution in [-0.2, 0) is 9.53 Å². The number of benzene rings is 2. The molecule has 2 N–H and O–H groups in total. The quantitative estimate of drug-likeness (QED) is 0.579. The van der Waals surface area contributed by atoms with Crippen LogP contribution in [0.25, 0.3) is 0 Å². The number of urea groups is 1. The lowest BCUT2D eigenvalue weighted by molar-refractivity contribution is -0.142. The van der Waals surface area contributed by atoms with Gasteiger partial charge < -0.3 is 15.2 Å². The summed E-state index contributed by atoms with van der Waals surface area (Å²) in [6, 6.07) is 12.7. The molecular formula is C23H26ClFN2O4. The van der Waals surface area contributed by atoms with Gasteiger partial charge in [-0.15, -0.1) is 0 Å². The van der Waals surface area contributed by atoms with E-state index in [9.17, 15) is 14.0 Å². The summed E-state index contributed by atoms with van der Waals surface area (Å²) < 4.78 is 19.8. The molecular weight excluding hydrogens is 423 g/mol. The number of ether oxygens (including phenoxy) is 1. The maximum Gasteiger partial charge on any atom is 0.329 e. The van der Waals surface area contributed by atoms with E-state index in [1.165, 1.54) is 17.0 Å². The van der Waals surface area contributed by atoms with Crippen LogP contribution < -0.4 is 10.2 Å². The highest BCUT2D eigenvalue weighted by atomic mass is 35.5. The van der Waals surface area contributed by atoms with Crippen LogP contribution in [0.5, 0.6) is 0 Å². The summed E-state index contributed by atoms with van der Waals surface area (Å²) in [6.07, 6.45) is 3.69. The second-order valence-electron chi connectivity index (χ2n) is 7.75. The highest BCUT2D eigenvalue weighted by Crippen LogP contribution is 2.31. The van der Waals surface area contributed by atoms with Crippen molar-refractivity contribution in [3.8, 4) is 0 Å². The first-order chi connectivity index (χ1) is 14.9. The number of hydrogen-bond acceptors (Lipinski definition) is 3. The van der Waals surface area contributed by atoms with E-state index < -0.39 is 17.8 Å². The van der Waals surface area contributed by atoms with Gasteiger partial charge in [0.15, 0.2) is 0 Å². The van der Waals surface area contributed by atoms with Crippen LogP contribution in [0.2, 0.25) is 5.02 Å². The van der Waals surface area contributed by atoms with E-state index in [0.29, 0.717) is 30.7 Å². The Bertz CT molecular complexity index is 888. The van der Waals surface area contributed by atoms with Crippen molar-refractivity contribution in [2.45, 2.75) is 25.7 Å². The molecule has 0 atom stereocenters. The van der Waals surface area contributed by atoms with Crippen LogP contribution in [0.4, 0.5) is 20.6 Å².